The average Bonchev–Trinajstić information content (AvgIpc) is 2.63. The molecule has 0 aliphatic carbocycles. The molecule has 1 saturated heterocycles. The number of hydrogen-bond donors (Lipinski definition) is 0. The van der Waals surface area contributed by atoms with Gasteiger partial charge in [0.2, 0.25) is 5.91 Å². The first kappa shape index (κ1) is 25.7. The summed E-state index contributed by atoms with van der Waals surface area (Å²) in [6, 6.07) is 0. The first-order chi connectivity index (χ1) is 13.6. The normalized spacial score (nSPS) is 16.7. The molecule has 7 heteroatoms. The minimum absolute atomic E-state index is 0.0591. The highest BCUT2D eigenvalue weighted by Crippen LogP contribution is 2.41. The number of nitrogens with zero attached hydrogens (tertiary/aromatic N) is 1. The van der Waals surface area contributed by atoms with Crippen molar-refractivity contribution in [3.63, 3.8) is 0 Å². The third-order valence-electron chi connectivity index (χ3n) is 5.44. The molecule has 168 valence electrons. The van der Waals surface area contributed by atoms with Crippen LogP contribution in [-0.4, -0.2) is 75.6 Å². The van der Waals surface area contributed by atoms with Gasteiger partial charge in [0.25, 0.3) is 0 Å². The summed E-state index contributed by atoms with van der Waals surface area (Å²) in [4.78, 5) is 38.7. The molecule has 1 amide bonds. The number of amides is 1. The highest BCUT2D eigenvalue weighted by molar-refractivity contribution is 5.85. The van der Waals surface area contributed by atoms with E-state index >= 15 is 0 Å². The third-order valence-corrected chi connectivity index (χ3v) is 5.44. The van der Waals surface area contributed by atoms with Crippen molar-refractivity contribution in [2.45, 2.75) is 59.8 Å². The number of carbonyl (C=O) groups is 3. The van der Waals surface area contributed by atoms with Crippen molar-refractivity contribution >= 4 is 17.5 Å². The van der Waals surface area contributed by atoms with Crippen LogP contribution in [0.3, 0.4) is 0 Å². The fourth-order valence-electron chi connectivity index (χ4n) is 3.56. The van der Waals surface area contributed by atoms with E-state index in [0.717, 1.165) is 0 Å². The molecule has 0 unspecified atom stereocenters. The van der Waals surface area contributed by atoms with Gasteiger partial charge in [-0.1, -0.05) is 20.8 Å². The van der Waals surface area contributed by atoms with Crippen molar-refractivity contribution in [1.29, 1.82) is 0 Å². The van der Waals surface area contributed by atoms with Crippen molar-refractivity contribution in [3.05, 3.63) is 0 Å². The lowest BCUT2D eigenvalue weighted by atomic mass is 9.68. The van der Waals surface area contributed by atoms with Gasteiger partial charge in [-0.25, -0.2) is 0 Å². The molecule has 0 radical (unpaired) electrons. The van der Waals surface area contributed by atoms with Crippen LogP contribution in [-0.2, 0) is 28.6 Å². The number of Topliss-reactive ketones (excluding diaryl/α,β-unsaturated/α-hetero) is 2. The maximum atomic E-state index is 12.6. The highest BCUT2D eigenvalue weighted by Gasteiger charge is 2.40. The Hall–Kier alpha value is -1.31. The van der Waals surface area contributed by atoms with Crippen molar-refractivity contribution in [2.24, 2.45) is 10.8 Å². The molecule has 1 aliphatic heterocycles. The third kappa shape index (κ3) is 9.83. The molecule has 1 aliphatic rings. The molecule has 7 nitrogen and oxygen atoms in total. The van der Waals surface area contributed by atoms with Crippen LogP contribution < -0.4 is 0 Å². The second kappa shape index (κ2) is 12.4. The topological polar surface area (TPSA) is 82.1 Å². The molecule has 0 aromatic carbocycles. The first-order valence-corrected chi connectivity index (χ1v) is 10.5. The monoisotopic (exact) mass is 413 g/mol. The Morgan fingerprint density at radius 1 is 0.897 bits per heavy atom. The van der Waals surface area contributed by atoms with Gasteiger partial charge in [0.05, 0.1) is 39.5 Å². The number of methoxy groups -OCH3 is 1. The van der Waals surface area contributed by atoms with Crippen LogP contribution in [0.15, 0.2) is 0 Å². The summed E-state index contributed by atoms with van der Waals surface area (Å²) in [5, 5.41) is 0. The number of piperidine rings is 1. The van der Waals surface area contributed by atoms with Crippen molar-refractivity contribution < 1.29 is 28.6 Å². The van der Waals surface area contributed by atoms with Crippen molar-refractivity contribution in [2.75, 3.05) is 53.2 Å². The van der Waals surface area contributed by atoms with Crippen molar-refractivity contribution in [3.8, 4) is 0 Å². The lowest BCUT2D eigenvalue weighted by molar-refractivity contribution is -0.136. The van der Waals surface area contributed by atoms with Gasteiger partial charge in [-0.3, -0.25) is 9.59 Å². The molecule has 1 heterocycles. The Kier molecular flexibility index (Phi) is 11.0. The molecule has 0 spiro atoms. The molecule has 29 heavy (non-hydrogen) atoms. The summed E-state index contributed by atoms with van der Waals surface area (Å²) in [5.41, 5.74) is -0.732. The van der Waals surface area contributed by atoms with E-state index in [2.05, 4.69) is 0 Å². The molecule has 1 rings (SSSR count). The molecule has 0 aromatic heterocycles. The van der Waals surface area contributed by atoms with Gasteiger partial charge in [0, 0.05) is 38.5 Å². The number of ether oxygens (including phenoxy) is 3. The van der Waals surface area contributed by atoms with Gasteiger partial charge >= 0.3 is 0 Å². The second-order valence-corrected chi connectivity index (χ2v) is 9.08. The fraction of sp³-hybridized carbons (Fsp3) is 0.864. The minimum Gasteiger partial charge on any atom is -0.382 e. The van der Waals surface area contributed by atoms with Gasteiger partial charge in [-0.15, -0.1) is 0 Å². The predicted molar refractivity (Wildman–Crippen MR) is 111 cm³/mol. The molecule has 0 saturated carbocycles. The number of hydrogen-bond acceptors (Lipinski definition) is 6. The van der Waals surface area contributed by atoms with E-state index in [0.29, 0.717) is 78.2 Å². The fourth-order valence-corrected chi connectivity index (χ4v) is 3.56. The van der Waals surface area contributed by atoms with E-state index in [1.165, 1.54) is 0 Å². The summed E-state index contributed by atoms with van der Waals surface area (Å²) in [6.45, 7) is 10.9. The molecular formula is C22H39NO6. The smallest absolute Gasteiger partial charge is 0.224 e. The van der Waals surface area contributed by atoms with E-state index in [-0.39, 0.29) is 22.9 Å². The van der Waals surface area contributed by atoms with E-state index in [1.807, 2.05) is 25.7 Å². The van der Waals surface area contributed by atoms with E-state index in [9.17, 15) is 14.4 Å². The van der Waals surface area contributed by atoms with Crippen LogP contribution in [0.1, 0.15) is 59.8 Å². The second-order valence-electron chi connectivity index (χ2n) is 9.08. The van der Waals surface area contributed by atoms with E-state index in [4.69, 9.17) is 14.2 Å². The Balaban J connectivity index is 2.41. The largest absolute Gasteiger partial charge is 0.382 e. The summed E-state index contributed by atoms with van der Waals surface area (Å²) >= 11 is 0. The van der Waals surface area contributed by atoms with Crippen LogP contribution in [0.4, 0.5) is 0 Å². The van der Waals surface area contributed by atoms with Crippen LogP contribution in [0, 0.1) is 10.8 Å². The number of ketones is 2. The first-order valence-electron chi connectivity index (χ1n) is 10.5. The van der Waals surface area contributed by atoms with Gasteiger partial charge < -0.3 is 23.9 Å². The quantitative estimate of drug-likeness (QED) is 0.432. The van der Waals surface area contributed by atoms with Crippen LogP contribution in [0.2, 0.25) is 0 Å². The summed E-state index contributed by atoms with van der Waals surface area (Å²) in [7, 11) is 1.62. The van der Waals surface area contributed by atoms with E-state index < -0.39 is 5.41 Å². The Bertz CT molecular complexity index is 532. The van der Waals surface area contributed by atoms with Gasteiger partial charge in [-0.05, 0) is 25.2 Å². The molecule has 0 atom stereocenters. The number of rotatable bonds is 13. The standard InChI is InChI=1S/C22H39NO6/c1-18(24)16-22(17-19(25)21(2,3)4)7-9-23(10-8-22)20(26)6-11-28-14-15-29-13-12-27-5/h6-17H2,1-5H3. The molecule has 0 bridgehead atoms. The zero-order valence-corrected chi connectivity index (χ0v) is 18.9. The van der Waals surface area contributed by atoms with Gasteiger partial charge in [0.1, 0.15) is 11.6 Å². The van der Waals surface area contributed by atoms with Crippen LogP contribution in [0.5, 0.6) is 0 Å². The predicted octanol–water partition coefficient (Wildman–Crippen LogP) is 2.65. The number of carbonyl (C=O) groups excluding carboxylic acids is 3. The van der Waals surface area contributed by atoms with Crippen molar-refractivity contribution in [1.82, 2.24) is 4.90 Å². The Morgan fingerprint density at radius 3 is 1.97 bits per heavy atom. The molecule has 0 N–H and O–H groups in total. The SMILES string of the molecule is COCCOCCOCCC(=O)N1CCC(CC(C)=O)(CC(=O)C(C)(C)C)CC1. The molecular weight excluding hydrogens is 374 g/mol. The minimum atomic E-state index is -0.415. The van der Waals surface area contributed by atoms with Crippen LogP contribution in [0.25, 0.3) is 0 Å². The highest BCUT2D eigenvalue weighted by atomic mass is 16.5. The van der Waals surface area contributed by atoms with Gasteiger partial charge in [0.15, 0.2) is 0 Å². The molecule has 0 aromatic rings. The lowest BCUT2D eigenvalue weighted by Crippen LogP contribution is -2.45. The summed E-state index contributed by atoms with van der Waals surface area (Å²) < 4.78 is 15.7. The zero-order valence-electron chi connectivity index (χ0n) is 18.9. The summed E-state index contributed by atoms with van der Waals surface area (Å²) in [6.07, 6.45) is 2.52. The van der Waals surface area contributed by atoms with Gasteiger partial charge in [-0.2, -0.15) is 0 Å². The number of likely N-dealkylation sites (tertiary alicyclic amines) is 1. The molecule has 1 fully saturated rings. The van der Waals surface area contributed by atoms with E-state index in [1.54, 1.807) is 14.0 Å². The summed E-state index contributed by atoms with van der Waals surface area (Å²) in [5.74, 6) is 0.344. The Morgan fingerprint density at radius 2 is 1.45 bits per heavy atom. The Labute approximate surface area is 175 Å². The van der Waals surface area contributed by atoms with Crippen LogP contribution >= 0.6 is 0 Å². The lowest BCUT2D eigenvalue weighted by Gasteiger charge is -2.42. The maximum Gasteiger partial charge on any atom is 0.224 e. The zero-order chi connectivity index (χ0) is 21.9. The average molecular weight is 414 g/mol. The maximum absolute atomic E-state index is 12.6.